The van der Waals surface area contributed by atoms with Gasteiger partial charge in [-0.1, -0.05) is 20.8 Å². The Labute approximate surface area is 78.0 Å². The highest BCUT2D eigenvalue weighted by molar-refractivity contribution is 4.94. The summed E-state index contributed by atoms with van der Waals surface area (Å²) in [5, 5.41) is 3.14. The van der Waals surface area contributed by atoms with Crippen molar-refractivity contribution >= 4 is 0 Å². The second-order valence-corrected chi connectivity index (χ2v) is 4.23. The van der Waals surface area contributed by atoms with E-state index in [9.17, 15) is 4.91 Å². The Balaban J connectivity index is 3.05. The van der Waals surface area contributed by atoms with E-state index >= 15 is 0 Å². The van der Waals surface area contributed by atoms with Gasteiger partial charge in [0.15, 0.2) is 6.17 Å². The van der Waals surface area contributed by atoms with Crippen molar-refractivity contribution in [3.05, 3.63) is 23.1 Å². The minimum Gasteiger partial charge on any atom is -0.309 e. The highest BCUT2D eigenvalue weighted by Crippen LogP contribution is 2.31. The Hall–Kier alpha value is -1.19. The smallest absolute Gasteiger partial charge is 0.173 e. The average Bonchev–Trinajstić information content (AvgIpc) is 2.35. The van der Waals surface area contributed by atoms with Gasteiger partial charge in [0.2, 0.25) is 0 Å². The SMILES string of the molecule is Cc1nccn1C(N=O)C(C)(C)C. The molecular formula is C9H15N3O. The lowest BCUT2D eigenvalue weighted by Crippen LogP contribution is -2.22. The number of rotatable bonds is 2. The molecule has 4 heteroatoms. The van der Waals surface area contributed by atoms with Gasteiger partial charge in [-0.15, -0.1) is 4.91 Å². The number of nitrogens with zero attached hydrogens (tertiary/aromatic N) is 3. The average molecular weight is 181 g/mol. The number of imidazole rings is 1. The Morgan fingerprint density at radius 3 is 2.46 bits per heavy atom. The van der Waals surface area contributed by atoms with Crippen LogP contribution in [0.3, 0.4) is 0 Å². The molecule has 1 unspecified atom stereocenters. The maximum atomic E-state index is 10.7. The zero-order valence-electron chi connectivity index (χ0n) is 8.48. The summed E-state index contributed by atoms with van der Waals surface area (Å²) < 4.78 is 1.80. The maximum Gasteiger partial charge on any atom is 0.173 e. The van der Waals surface area contributed by atoms with E-state index in [1.165, 1.54) is 0 Å². The fourth-order valence-corrected chi connectivity index (χ4v) is 1.27. The second-order valence-electron chi connectivity index (χ2n) is 4.23. The highest BCUT2D eigenvalue weighted by atomic mass is 16.3. The highest BCUT2D eigenvalue weighted by Gasteiger charge is 2.27. The first-order valence-corrected chi connectivity index (χ1v) is 4.28. The lowest BCUT2D eigenvalue weighted by atomic mass is 9.92. The number of hydrogen-bond donors (Lipinski definition) is 0. The second kappa shape index (κ2) is 3.28. The van der Waals surface area contributed by atoms with Crippen LogP contribution >= 0.6 is 0 Å². The third-order valence-electron chi connectivity index (χ3n) is 2.00. The summed E-state index contributed by atoms with van der Waals surface area (Å²) in [5.41, 5.74) is -0.173. The van der Waals surface area contributed by atoms with Crippen LogP contribution in [-0.2, 0) is 0 Å². The molecule has 0 saturated carbocycles. The van der Waals surface area contributed by atoms with Crippen molar-refractivity contribution in [2.45, 2.75) is 33.9 Å². The molecule has 0 bridgehead atoms. The molecule has 0 spiro atoms. The van der Waals surface area contributed by atoms with Crippen molar-refractivity contribution in [1.29, 1.82) is 0 Å². The molecule has 0 aliphatic heterocycles. The van der Waals surface area contributed by atoms with Gasteiger partial charge in [-0.3, -0.25) is 0 Å². The standard InChI is InChI=1S/C9H15N3O/c1-7-10-5-6-12(7)8(11-13)9(2,3)4/h5-6,8H,1-4H3. The number of hydrogen-bond acceptors (Lipinski definition) is 3. The molecule has 1 rings (SSSR count). The molecule has 0 fully saturated rings. The van der Waals surface area contributed by atoms with Gasteiger partial charge < -0.3 is 4.57 Å². The molecule has 0 amide bonds. The molecule has 1 aromatic rings. The van der Waals surface area contributed by atoms with Crippen LogP contribution < -0.4 is 0 Å². The van der Waals surface area contributed by atoms with Gasteiger partial charge in [0.05, 0.1) is 0 Å². The van der Waals surface area contributed by atoms with E-state index in [0.717, 1.165) is 5.82 Å². The summed E-state index contributed by atoms with van der Waals surface area (Å²) in [6, 6.07) is 0. The van der Waals surface area contributed by atoms with Crippen molar-refractivity contribution < 1.29 is 0 Å². The molecule has 4 nitrogen and oxygen atoms in total. The van der Waals surface area contributed by atoms with E-state index < -0.39 is 0 Å². The number of aromatic nitrogens is 2. The Bertz CT molecular complexity index is 298. The van der Waals surface area contributed by atoms with Crippen LogP contribution in [-0.4, -0.2) is 9.55 Å². The quantitative estimate of drug-likeness (QED) is 0.658. The van der Waals surface area contributed by atoms with E-state index in [0.29, 0.717) is 0 Å². The molecule has 1 heterocycles. The first-order chi connectivity index (χ1) is 5.96. The van der Waals surface area contributed by atoms with Crippen LogP contribution in [0.5, 0.6) is 0 Å². The minimum absolute atomic E-state index is 0.173. The van der Waals surface area contributed by atoms with Crippen molar-refractivity contribution in [3.63, 3.8) is 0 Å². The third-order valence-corrected chi connectivity index (χ3v) is 2.00. The predicted octanol–water partition coefficient (Wildman–Crippen LogP) is 2.50. The molecule has 72 valence electrons. The fourth-order valence-electron chi connectivity index (χ4n) is 1.27. The summed E-state index contributed by atoms with van der Waals surface area (Å²) in [4.78, 5) is 14.8. The monoisotopic (exact) mass is 181 g/mol. The molecule has 0 saturated heterocycles. The van der Waals surface area contributed by atoms with Crippen LogP contribution in [0.15, 0.2) is 17.6 Å². The van der Waals surface area contributed by atoms with Crippen molar-refractivity contribution in [2.24, 2.45) is 10.6 Å². The summed E-state index contributed by atoms with van der Waals surface area (Å²) in [5.74, 6) is 0.819. The van der Waals surface area contributed by atoms with Gasteiger partial charge in [0, 0.05) is 17.8 Å². The van der Waals surface area contributed by atoms with Crippen molar-refractivity contribution in [3.8, 4) is 0 Å². The van der Waals surface area contributed by atoms with E-state index in [2.05, 4.69) is 10.2 Å². The number of nitroso groups, excluding NO2 is 1. The number of aryl methyl sites for hydroxylation is 1. The molecule has 1 aromatic heterocycles. The molecule has 13 heavy (non-hydrogen) atoms. The Kier molecular flexibility index (Phi) is 2.50. The van der Waals surface area contributed by atoms with Crippen molar-refractivity contribution in [1.82, 2.24) is 9.55 Å². The maximum absolute atomic E-state index is 10.7. The van der Waals surface area contributed by atoms with Crippen LogP contribution in [0.4, 0.5) is 0 Å². The van der Waals surface area contributed by atoms with E-state index in [-0.39, 0.29) is 11.6 Å². The summed E-state index contributed by atoms with van der Waals surface area (Å²) in [6.45, 7) is 7.82. The van der Waals surface area contributed by atoms with Gasteiger partial charge in [-0.2, -0.15) is 0 Å². The minimum atomic E-state index is -0.380. The fraction of sp³-hybridized carbons (Fsp3) is 0.667. The zero-order valence-corrected chi connectivity index (χ0v) is 8.48. The van der Waals surface area contributed by atoms with Crippen LogP contribution in [0.1, 0.15) is 32.8 Å². The Morgan fingerprint density at radius 2 is 2.15 bits per heavy atom. The van der Waals surface area contributed by atoms with E-state index in [1.54, 1.807) is 17.0 Å². The van der Waals surface area contributed by atoms with Crippen LogP contribution in [0.2, 0.25) is 0 Å². The van der Waals surface area contributed by atoms with Crippen molar-refractivity contribution in [2.75, 3.05) is 0 Å². The summed E-state index contributed by atoms with van der Waals surface area (Å²) in [7, 11) is 0. The normalized spacial score (nSPS) is 14.2. The third kappa shape index (κ3) is 1.94. The first-order valence-electron chi connectivity index (χ1n) is 4.28. The van der Waals surface area contributed by atoms with Gasteiger partial charge in [0.25, 0.3) is 0 Å². The zero-order chi connectivity index (χ0) is 10.1. The van der Waals surface area contributed by atoms with E-state index in [4.69, 9.17) is 0 Å². The topological polar surface area (TPSA) is 47.2 Å². The van der Waals surface area contributed by atoms with E-state index in [1.807, 2.05) is 27.7 Å². The molecular weight excluding hydrogens is 166 g/mol. The molecule has 0 radical (unpaired) electrons. The van der Waals surface area contributed by atoms with Gasteiger partial charge in [-0.25, -0.2) is 4.98 Å². The van der Waals surface area contributed by atoms with Crippen LogP contribution in [0, 0.1) is 17.2 Å². The molecule has 0 aromatic carbocycles. The largest absolute Gasteiger partial charge is 0.309 e. The summed E-state index contributed by atoms with van der Waals surface area (Å²) in [6.07, 6.45) is 3.08. The molecule has 0 aliphatic carbocycles. The molecule has 0 aliphatic rings. The Morgan fingerprint density at radius 1 is 1.54 bits per heavy atom. The first kappa shape index (κ1) is 9.89. The molecule has 1 atom stereocenters. The summed E-state index contributed by atoms with van der Waals surface area (Å²) >= 11 is 0. The predicted molar refractivity (Wildman–Crippen MR) is 51.3 cm³/mol. The van der Waals surface area contributed by atoms with Crippen LogP contribution in [0.25, 0.3) is 0 Å². The molecule has 0 N–H and O–H groups in total. The van der Waals surface area contributed by atoms with Gasteiger partial charge in [0.1, 0.15) is 5.82 Å². The lowest BCUT2D eigenvalue weighted by Gasteiger charge is -2.26. The van der Waals surface area contributed by atoms with Gasteiger partial charge >= 0.3 is 0 Å². The lowest BCUT2D eigenvalue weighted by molar-refractivity contribution is 0.246. The van der Waals surface area contributed by atoms with Gasteiger partial charge in [-0.05, 0) is 12.1 Å².